The Morgan fingerprint density at radius 2 is 2.00 bits per heavy atom. The highest BCUT2D eigenvalue weighted by Crippen LogP contribution is 2.27. The van der Waals surface area contributed by atoms with Gasteiger partial charge < -0.3 is 14.3 Å². The Labute approximate surface area is 149 Å². The Balaban J connectivity index is 1.56. The van der Waals surface area contributed by atoms with E-state index in [9.17, 15) is 4.79 Å². The van der Waals surface area contributed by atoms with Crippen molar-refractivity contribution in [1.82, 2.24) is 4.98 Å². The van der Waals surface area contributed by atoms with Crippen LogP contribution in [0.5, 0.6) is 5.75 Å². The zero-order valence-electron chi connectivity index (χ0n) is 14.2. The zero-order valence-corrected chi connectivity index (χ0v) is 14.2. The van der Waals surface area contributed by atoms with E-state index in [2.05, 4.69) is 4.98 Å². The summed E-state index contributed by atoms with van der Waals surface area (Å²) in [6, 6.07) is 17.1. The Morgan fingerprint density at radius 3 is 2.81 bits per heavy atom. The number of carboxylic acid groups (broad SMARTS) is 1. The van der Waals surface area contributed by atoms with E-state index in [-0.39, 0.29) is 13.0 Å². The van der Waals surface area contributed by atoms with E-state index in [1.54, 1.807) is 0 Å². The van der Waals surface area contributed by atoms with Gasteiger partial charge in [0.25, 0.3) is 0 Å². The largest absolute Gasteiger partial charge is 0.484 e. The number of rotatable bonds is 5. The molecule has 0 fully saturated rings. The Morgan fingerprint density at radius 1 is 1.15 bits per heavy atom. The van der Waals surface area contributed by atoms with Crippen LogP contribution in [0.2, 0.25) is 0 Å². The van der Waals surface area contributed by atoms with Crippen molar-refractivity contribution in [2.75, 3.05) is 0 Å². The topological polar surface area (TPSA) is 72.6 Å². The summed E-state index contributed by atoms with van der Waals surface area (Å²) >= 11 is 0. The van der Waals surface area contributed by atoms with E-state index in [0.717, 1.165) is 33.0 Å². The number of fused-ring (bicyclic) bond motifs is 2. The van der Waals surface area contributed by atoms with Gasteiger partial charge in [-0.25, -0.2) is 4.98 Å². The first kappa shape index (κ1) is 16.1. The summed E-state index contributed by atoms with van der Waals surface area (Å²) in [6.45, 7) is 2.19. The third-order valence-corrected chi connectivity index (χ3v) is 4.41. The molecule has 0 radical (unpaired) electrons. The number of hydrogen-bond acceptors (Lipinski definition) is 4. The number of aromatic nitrogens is 1. The highest BCUT2D eigenvalue weighted by Gasteiger charge is 2.09. The monoisotopic (exact) mass is 347 g/mol. The maximum Gasteiger partial charge on any atom is 0.307 e. The lowest BCUT2D eigenvalue weighted by atomic mass is 9.98. The van der Waals surface area contributed by atoms with Crippen molar-refractivity contribution in [1.29, 1.82) is 0 Å². The van der Waals surface area contributed by atoms with E-state index in [4.69, 9.17) is 14.3 Å². The SMILES string of the molecule is Cc1c(CC(=O)O)ccc2cc(OCc3nc4ccccc4o3)ccc12. The molecule has 1 aromatic heterocycles. The minimum absolute atomic E-state index is 0.0255. The smallest absolute Gasteiger partial charge is 0.307 e. The fourth-order valence-electron chi connectivity index (χ4n) is 3.08. The second-order valence-electron chi connectivity index (χ2n) is 6.17. The number of para-hydroxylation sites is 2. The first-order chi connectivity index (χ1) is 12.6. The summed E-state index contributed by atoms with van der Waals surface area (Å²) in [5.74, 6) is 0.412. The van der Waals surface area contributed by atoms with Crippen LogP contribution in [0.15, 0.2) is 59.0 Å². The van der Waals surface area contributed by atoms with Crippen LogP contribution in [-0.4, -0.2) is 16.1 Å². The number of carboxylic acids is 1. The number of benzene rings is 3. The average molecular weight is 347 g/mol. The highest BCUT2D eigenvalue weighted by molar-refractivity contribution is 5.89. The molecule has 0 aliphatic rings. The normalized spacial score (nSPS) is 11.1. The molecule has 0 aliphatic carbocycles. The summed E-state index contributed by atoms with van der Waals surface area (Å²) in [5, 5.41) is 11.0. The molecular formula is C21H17NO4. The van der Waals surface area contributed by atoms with Crippen LogP contribution in [0, 0.1) is 6.92 Å². The third kappa shape index (κ3) is 3.11. The van der Waals surface area contributed by atoms with Crippen LogP contribution in [0.3, 0.4) is 0 Å². The van der Waals surface area contributed by atoms with E-state index < -0.39 is 5.97 Å². The van der Waals surface area contributed by atoms with Crippen molar-refractivity contribution in [2.24, 2.45) is 0 Å². The molecule has 26 heavy (non-hydrogen) atoms. The second kappa shape index (κ2) is 6.52. The number of carbonyl (C=O) groups is 1. The molecule has 0 atom stereocenters. The van der Waals surface area contributed by atoms with Gasteiger partial charge in [-0.2, -0.15) is 0 Å². The van der Waals surface area contributed by atoms with Crippen LogP contribution in [0.4, 0.5) is 0 Å². The minimum Gasteiger partial charge on any atom is -0.484 e. The zero-order chi connectivity index (χ0) is 18.1. The molecule has 0 bridgehead atoms. The quantitative estimate of drug-likeness (QED) is 0.576. The number of oxazole rings is 1. The molecule has 0 saturated heterocycles. The minimum atomic E-state index is -0.828. The lowest BCUT2D eigenvalue weighted by Crippen LogP contribution is -2.02. The fourth-order valence-corrected chi connectivity index (χ4v) is 3.08. The molecule has 4 rings (SSSR count). The number of aliphatic carboxylic acids is 1. The standard InChI is InChI=1S/C21H17NO4/c1-13-14(11-21(23)24)6-7-15-10-16(8-9-17(13)15)25-12-20-22-18-4-2-3-5-19(18)26-20/h2-10H,11-12H2,1H3,(H,23,24). The maximum atomic E-state index is 11.0. The van der Waals surface area contributed by atoms with Gasteiger partial charge in [0.05, 0.1) is 6.42 Å². The fraction of sp³-hybridized carbons (Fsp3) is 0.143. The molecule has 5 heteroatoms. The predicted molar refractivity (Wildman–Crippen MR) is 98.4 cm³/mol. The Hall–Kier alpha value is -3.34. The van der Waals surface area contributed by atoms with Crippen LogP contribution < -0.4 is 4.74 Å². The predicted octanol–water partition coefficient (Wildman–Crippen LogP) is 4.50. The van der Waals surface area contributed by atoms with Gasteiger partial charge in [0.2, 0.25) is 5.89 Å². The second-order valence-corrected chi connectivity index (χ2v) is 6.17. The van der Waals surface area contributed by atoms with Gasteiger partial charge in [0.15, 0.2) is 12.2 Å². The van der Waals surface area contributed by atoms with Crippen molar-refractivity contribution in [2.45, 2.75) is 20.0 Å². The van der Waals surface area contributed by atoms with Crippen LogP contribution in [-0.2, 0) is 17.8 Å². The van der Waals surface area contributed by atoms with Crippen LogP contribution in [0.1, 0.15) is 17.0 Å². The Kier molecular flexibility index (Phi) is 4.05. The number of ether oxygens (including phenoxy) is 1. The first-order valence-electron chi connectivity index (χ1n) is 8.31. The summed E-state index contributed by atoms with van der Waals surface area (Å²) in [7, 11) is 0. The van der Waals surface area contributed by atoms with Gasteiger partial charge >= 0.3 is 5.97 Å². The van der Waals surface area contributed by atoms with E-state index in [1.807, 2.05) is 61.5 Å². The first-order valence-corrected chi connectivity index (χ1v) is 8.31. The Bertz CT molecular complexity index is 1080. The molecule has 130 valence electrons. The molecule has 5 nitrogen and oxygen atoms in total. The van der Waals surface area contributed by atoms with Crippen molar-refractivity contribution >= 4 is 27.8 Å². The average Bonchev–Trinajstić information content (AvgIpc) is 3.05. The molecule has 0 aliphatic heterocycles. The lowest BCUT2D eigenvalue weighted by molar-refractivity contribution is -0.136. The number of aryl methyl sites for hydroxylation is 1. The molecule has 0 unspecified atom stereocenters. The molecule has 4 aromatic rings. The van der Waals surface area contributed by atoms with Crippen molar-refractivity contribution in [3.8, 4) is 5.75 Å². The summed E-state index contributed by atoms with van der Waals surface area (Å²) < 4.78 is 11.5. The van der Waals surface area contributed by atoms with Crippen molar-refractivity contribution in [3.63, 3.8) is 0 Å². The third-order valence-electron chi connectivity index (χ3n) is 4.41. The molecule has 3 aromatic carbocycles. The maximum absolute atomic E-state index is 11.0. The molecule has 1 heterocycles. The molecular weight excluding hydrogens is 330 g/mol. The van der Waals surface area contributed by atoms with Crippen molar-refractivity contribution in [3.05, 3.63) is 71.6 Å². The van der Waals surface area contributed by atoms with Gasteiger partial charge in [-0.3, -0.25) is 4.79 Å². The summed E-state index contributed by atoms with van der Waals surface area (Å²) in [4.78, 5) is 15.4. The lowest BCUT2D eigenvalue weighted by Gasteiger charge is -2.10. The number of nitrogens with zero attached hydrogens (tertiary/aromatic N) is 1. The van der Waals surface area contributed by atoms with E-state index in [0.29, 0.717) is 11.6 Å². The molecule has 0 spiro atoms. The van der Waals surface area contributed by atoms with E-state index >= 15 is 0 Å². The summed E-state index contributed by atoms with van der Waals surface area (Å²) in [6.07, 6.45) is 0.0255. The van der Waals surface area contributed by atoms with Gasteiger partial charge in [0.1, 0.15) is 11.3 Å². The number of hydrogen-bond donors (Lipinski definition) is 1. The molecule has 1 N–H and O–H groups in total. The van der Waals surface area contributed by atoms with Crippen molar-refractivity contribution < 1.29 is 19.1 Å². The molecule has 0 saturated carbocycles. The van der Waals surface area contributed by atoms with Gasteiger partial charge in [-0.05, 0) is 53.1 Å². The van der Waals surface area contributed by atoms with E-state index in [1.165, 1.54) is 0 Å². The summed E-state index contributed by atoms with van der Waals surface area (Å²) in [5.41, 5.74) is 3.36. The van der Waals surface area contributed by atoms with Gasteiger partial charge in [0, 0.05) is 0 Å². The van der Waals surface area contributed by atoms with Gasteiger partial charge in [-0.1, -0.05) is 30.3 Å². The van der Waals surface area contributed by atoms with Crippen LogP contribution >= 0.6 is 0 Å². The van der Waals surface area contributed by atoms with Gasteiger partial charge in [-0.15, -0.1) is 0 Å². The van der Waals surface area contributed by atoms with Crippen LogP contribution in [0.25, 0.3) is 21.9 Å². The molecule has 0 amide bonds. The highest BCUT2D eigenvalue weighted by atomic mass is 16.5.